The molecule has 2 aliphatic rings. The zero-order valence-electron chi connectivity index (χ0n) is 21.2. The first kappa shape index (κ1) is 24.8. The van der Waals surface area contributed by atoms with Crippen molar-refractivity contribution in [3.63, 3.8) is 0 Å². The van der Waals surface area contributed by atoms with E-state index in [9.17, 15) is 9.59 Å². The number of hydrogen-bond donors (Lipinski definition) is 0. The standard InChI is InChI=1S/C28H38N2O3S/c1-19-10-11-24(20(2)16-19)33-18-23-22-13-15-34-25(22)12-14-29(23)26(31)17-30(28(3,4)5)27(32)21-8-6-7-9-21/h10-11,13,15-16,21,23H,6-9,12,14,17-18H2,1-5H3. The van der Waals surface area contributed by atoms with E-state index < -0.39 is 5.54 Å². The largest absolute Gasteiger partial charge is 0.491 e. The number of thiophene rings is 1. The predicted molar refractivity (Wildman–Crippen MR) is 137 cm³/mol. The Morgan fingerprint density at radius 2 is 1.88 bits per heavy atom. The third-order valence-corrected chi connectivity index (χ3v) is 8.21. The van der Waals surface area contributed by atoms with Crippen molar-refractivity contribution >= 4 is 23.2 Å². The summed E-state index contributed by atoms with van der Waals surface area (Å²) in [5, 5.41) is 2.11. The maximum absolute atomic E-state index is 13.7. The Hall–Kier alpha value is -2.34. The fraction of sp³-hybridized carbons (Fsp3) is 0.571. The van der Waals surface area contributed by atoms with E-state index in [0.717, 1.165) is 43.4 Å². The van der Waals surface area contributed by atoms with Gasteiger partial charge in [0.2, 0.25) is 11.8 Å². The first-order valence-corrected chi connectivity index (χ1v) is 13.4. The lowest BCUT2D eigenvalue weighted by Gasteiger charge is -2.41. The van der Waals surface area contributed by atoms with Gasteiger partial charge in [-0.2, -0.15) is 0 Å². The molecule has 4 rings (SSSR count). The van der Waals surface area contributed by atoms with Gasteiger partial charge in [0.25, 0.3) is 0 Å². The molecule has 2 heterocycles. The molecule has 2 aromatic rings. The molecular formula is C28H38N2O3S. The summed E-state index contributed by atoms with van der Waals surface area (Å²) in [7, 11) is 0. The molecule has 1 aliphatic heterocycles. The molecule has 1 atom stereocenters. The number of rotatable bonds is 6. The normalized spacial score (nSPS) is 18.6. The van der Waals surface area contributed by atoms with Gasteiger partial charge in [-0.25, -0.2) is 0 Å². The summed E-state index contributed by atoms with van der Waals surface area (Å²) in [6.45, 7) is 11.4. The molecule has 2 amide bonds. The minimum absolute atomic E-state index is 0.00681. The van der Waals surface area contributed by atoms with Gasteiger partial charge in [-0.05, 0) is 82.5 Å². The quantitative estimate of drug-likeness (QED) is 0.532. The summed E-state index contributed by atoms with van der Waals surface area (Å²) < 4.78 is 6.27. The van der Waals surface area contributed by atoms with Gasteiger partial charge < -0.3 is 14.5 Å². The van der Waals surface area contributed by atoms with E-state index in [-0.39, 0.29) is 30.3 Å². The van der Waals surface area contributed by atoms with Crippen molar-refractivity contribution < 1.29 is 14.3 Å². The van der Waals surface area contributed by atoms with Gasteiger partial charge in [-0.1, -0.05) is 30.5 Å². The Labute approximate surface area is 208 Å². The highest BCUT2D eigenvalue weighted by Crippen LogP contribution is 2.35. The smallest absolute Gasteiger partial charge is 0.242 e. The van der Waals surface area contributed by atoms with E-state index in [2.05, 4.69) is 37.4 Å². The van der Waals surface area contributed by atoms with Crippen LogP contribution in [0.5, 0.6) is 5.75 Å². The van der Waals surface area contributed by atoms with Gasteiger partial charge in [0.15, 0.2) is 0 Å². The SMILES string of the molecule is Cc1ccc(OCC2c3ccsc3CCN2C(=O)CN(C(=O)C2CCCC2)C(C)(C)C)c(C)c1. The van der Waals surface area contributed by atoms with Gasteiger partial charge in [0.1, 0.15) is 18.9 Å². The van der Waals surface area contributed by atoms with Crippen LogP contribution >= 0.6 is 11.3 Å². The van der Waals surface area contributed by atoms with Crippen LogP contribution in [-0.4, -0.2) is 46.8 Å². The van der Waals surface area contributed by atoms with Gasteiger partial charge in [-0.3, -0.25) is 9.59 Å². The Bertz CT molecular complexity index is 1030. The number of amides is 2. The Balaban J connectivity index is 1.54. The topological polar surface area (TPSA) is 49.9 Å². The molecule has 1 fully saturated rings. The lowest BCUT2D eigenvalue weighted by atomic mass is 9.98. The average molecular weight is 483 g/mol. The number of ether oxygens (including phenoxy) is 1. The molecule has 5 nitrogen and oxygen atoms in total. The number of nitrogens with zero attached hydrogens (tertiary/aromatic N) is 2. The zero-order valence-corrected chi connectivity index (χ0v) is 22.0. The lowest BCUT2D eigenvalue weighted by molar-refractivity contribution is -0.149. The maximum atomic E-state index is 13.7. The molecule has 1 unspecified atom stereocenters. The molecule has 1 aromatic heterocycles. The molecule has 34 heavy (non-hydrogen) atoms. The Kier molecular flexibility index (Phi) is 7.36. The Morgan fingerprint density at radius 3 is 2.56 bits per heavy atom. The summed E-state index contributed by atoms with van der Waals surface area (Å²) in [5.74, 6) is 1.05. The van der Waals surface area contributed by atoms with Crippen LogP contribution in [0.3, 0.4) is 0 Å². The van der Waals surface area contributed by atoms with E-state index in [1.54, 1.807) is 11.3 Å². The van der Waals surface area contributed by atoms with Crippen LogP contribution in [0, 0.1) is 19.8 Å². The van der Waals surface area contributed by atoms with Crippen molar-refractivity contribution in [2.75, 3.05) is 19.7 Å². The monoisotopic (exact) mass is 482 g/mol. The van der Waals surface area contributed by atoms with E-state index in [1.165, 1.54) is 16.0 Å². The number of carbonyl (C=O) groups is 2. The molecular weight excluding hydrogens is 444 g/mol. The van der Waals surface area contributed by atoms with Crippen LogP contribution < -0.4 is 4.74 Å². The van der Waals surface area contributed by atoms with Crippen LogP contribution in [-0.2, 0) is 16.0 Å². The molecule has 0 saturated heterocycles. The highest BCUT2D eigenvalue weighted by Gasteiger charge is 2.38. The number of fused-ring (bicyclic) bond motifs is 1. The lowest BCUT2D eigenvalue weighted by Crippen LogP contribution is -2.54. The third-order valence-electron chi connectivity index (χ3n) is 7.22. The van der Waals surface area contributed by atoms with Crippen molar-refractivity contribution in [2.45, 2.75) is 78.3 Å². The second-order valence-electron chi connectivity index (χ2n) is 10.8. The van der Waals surface area contributed by atoms with Crippen molar-refractivity contribution in [3.8, 4) is 5.75 Å². The van der Waals surface area contributed by atoms with E-state index >= 15 is 0 Å². The molecule has 0 bridgehead atoms. The van der Waals surface area contributed by atoms with Gasteiger partial charge in [0.05, 0.1) is 6.04 Å². The zero-order chi connectivity index (χ0) is 24.5. The average Bonchev–Trinajstić information content (AvgIpc) is 3.47. The number of carbonyl (C=O) groups excluding carboxylic acids is 2. The van der Waals surface area contributed by atoms with Crippen LogP contribution in [0.4, 0.5) is 0 Å². The summed E-state index contributed by atoms with van der Waals surface area (Å²) in [5.41, 5.74) is 3.08. The fourth-order valence-electron chi connectivity index (χ4n) is 5.27. The maximum Gasteiger partial charge on any atom is 0.242 e. The summed E-state index contributed by atoms with van der Waals surface area (Å²) in [6, 6.07) is 8.16. The minimum Gasteiger partial charge on any atom is -0.491 e. The second-order valence-corrected chi connectivity index (χ2v) is 11.8. The summed E-state index contributed by atoms with van der Waals surface area (Å²) >= 11 is 1.75. The van der Waals surface area contributed by atoms with Crippen molar-refractivity contribution in [1.29, 1.82) is 0 Å². The second kappa shape index (κ2) is 10.1. The van der Waals surface area contributed by atoms with Crippen molar-refractivity contribution in [3.05, 3.63) is 51.2 Å². The molecule has 0 N–H and O–H groups in total. The molecule has 1 aromatic carbocycles. The number of aryl methyl sites for hydroxylation is 2. The first-order valence-electron chi connectivity index (χ1n) is 12.5. The third kappa shape index (κ3) is 5.32. The van der Waals surface area contributed by atoms with Crippen LogP contribution in [0.25, 0.3) is 0 Å². The van der Waals surface area contributed by atoms with E-state index in [0.29, 0.717) is 13.2 Å². The van der Waals surface area contributed by atoms with Gasteiger partial charge >= 0.3 is 0 Å². The highest BCUT2D eigenvalue weighted by atomic mass is 32.1. The van der Waals surface area contributed by atoms with Crippen molar-refractivity contribution in [1.82, 2.24) is 9.80 Å². The molecule has 1 saturated carbocycles. The van der Waals surface area contributed by atoms with Gasteiger partial charge in [-0.15, -0.1) is 11.3 Å². The summed E-state index contributed by atoms with van der Waals surface area (Å²) in [4.78, 5) is 32.2. The molecule has 0 spiro atoms. The van der Waals surface area contributed by atoms with E-state index in [1.807, 2.05) is 36.6 Å². The van der Waals surface area contributed by atoms with Crippen LogP contribution in [0.1, 0.15) is 74.1 Å². The van der Waals surface area contributed by atoms with E-state index in [4.69, 9.17) is 4.74 Å². The first-order chi connectivity index (χ1) is 16.1. The molecule has 1 aliphatic carbocycles. The number of hydrogen-bond acceptors (Lipinski definition) is 4. The van der Waals surface area contributed by atoms with Gasteiger partial charge in [0, 0.05) is 22.9 Å². The predicted octanol–water partition coefficient (Wildman–Crippen LogP) is 5.69. The number of benzene rings is 1. The van der Waals surface area contributed by atoms with Crippen molar-refractivity contribution in [2.24, 2.45) is 5.92 Å². The Morgan fingerprint density at radius 1 is 1.15 bits per heavy atom. The van der Waals surface area contributed by atoms with Crippen LogP contribution in [0.15, 0.2) is 29.6 Å². The fourth-order valence-corrected chi connectivity index (χ4v) is 6.20. The van der Waals surface area contributed by atoms with Crippen LogP contribution in [0.2, 0.25) is 0 Å². The highest BCUT2D eigenvalue weighted by molar-refractivity contribution is 7.10. The summed E-state index contributed by atoms with van der Waals surface area (Å²) in [6.07, 6.45) is 4.94. The molecule has 184 valence electrons. The molecule has 0 radical (unpaired) electrons. The minimum atomic E-state index is -0.399. The molecule has 6 heteroatoms.